The maximum absolute atomic E-state index is 14.5. The van der Waals surface area contributed by atoms with Gasteiger partial charge in [-0.15, -0.1) is 0 Å². The lowest BCUT2D eigenvalue weighted by molar-refractivity contribution is 0.238. The zero-order chi connectivity index (χ0) is 15.4. The minimum atomic E-state index is -0.377. The lowest BCUT2D eigenvalue weighted by Gasteiger charge is -2.37. The van der Waals surface area contributed by atoms with E-state index in [1.54, 1.807) is 13.8 Å². The second kappa shape index (κ2) is 4.76. The molecule has 116 valence electrons. The van der Waals surface area contributed by atoms with E-state index in [0.717, 1.165) is 25.2 Å². The Morgan fingerprint density at radius 1 is 1.23 bits per heavy atom. The normalized spacial score (nSPS) is 23.9. The molecule has 2 atom stereocenters. The van der Waals surface area contributed by atoms with Crippen LogP contribution in [0, 0.1) is 25.6 Å². The van der Waals surface area contributed by atoms with Crippen molar-refractivity contribution >= 4 is 16.7 Å². The third kappa shape index (κ3) is 1.93. The van der Waals surface area contributed by atoms with Gasteiger partial charge >= 0.3 is 0 Å². The van der Waals surface area contributed by atoms with Gasteiger partial charge < -0.3 is 9.64 Å². The van der Waals surface area contributed by atoms with E-state index < -0.39 is 0 Å². The standard InChI is InChI=1S/C16H19FN4O/c1-8-4-5-21-11(6-8)7-22-16-12-14(13(17)9(2)18-16)19-10(3)20-15(12)21/h8,11H,4-7H2,1-3H3/t8-,11-/m0/s1. The van der Waals surface area contributed by atoms with E-state index in [2.05, 4.69) is 26.8 Å². The van der Waals surface area contributed by atoms with Gasteiger partial charge in [0.15, 0.2) is 5.82 Å². The van der Waals surface area contributed by atoms with E-state index in [1.807, 2.05) is 0 Å². The number of hydrogen-bond acceptors (Lipinski definition) is 5. The van der Waals surface area contributed by atoms with Gasteiger partial charge in [-0.05, 0) is 32.6 Å². The number of anilines is 1. The number of hydrogen-bond donors (Lipinski definition) is 0. The molecule has 2 aliphatic heterocycles. The molecule has 5 nitrogen and oxygen atoms in total. The number of aromatic nitrogens is 3. The van der Waals surface area contributed by atoms with Gasteiger partial charge in [0.05, 0.1) is 11.7 Å². The summed E-state index contributed by atoms with van der Waals surface area (Å²) < 4.78 is 20.4. The van der Waals surface area contributed by atoms with E-state index in [9.17, 15) is 4.39 Å². The van der Waals surface area contributed by atoms with Crippen molar-refractivity contribution in [3.8, 4) is 5.88 Å². The number of rotatable bonds is 0. The predicted octanol–water partition coefficient (Wildman–Crippen LogP) is 2.78. The molecule has 0 aliphatic carbocycles. The number of ether oxygens (including phenoxy) is 1. The number of pyridine rings is 1. The summed E-state index contributed by atoms with van der Waals surface area (Å²) in [5, 5.41) is 0.616. The van der Waals surface area contributed by atoms with E-state index in [4.69, 9.17) is 4.74 Å². The zero-order valence-corrected chi connectivity index (χ0v) is 13.1. The van der Waals surface area contributed by atoms with Crippen molar-refractivity contribution in [2.45, 2.75) is 39.7 Å². The van der Waals surface area contributed by atoms with Gasteiger partial charge in [-0.25, -0.2) is 19.3 Å². The monoisotopic (exact) mass is 302 g/mol. The molecule has 0 spiro atoms. The first-order valence-electron chi connectivity index (χ1n) is 7.78. The molecule has 2 aromatic heterocycles. The summed E-state index contributed by atoms with van der Waals surface area (Å²) in [5.74, 6) is 2.11. The Kier molecular flexibility index (Phi) is 2.96. The largest absolute Gasteiger partial charge is 0.475 e. The Labute approximate surface area is 128 Å². The van der Waals surface area contributed by atoms with Crippen molar-refractivity contribution in [2.24, 2.45) is 5.92 Å². The number of halogens is 1. The maximum atomic E-state index is 14.5. The van der Waals surface area contributed by atoms with Crippen molar-refractivity contribution in [3.05, 3.63) is 17.3 Å². The lowest BCUT2D eigenvalue weighted by Crippen LogP contribution is -2.45. The molecule has 6 heteroatoms. The van der Waals surface area contributed by atoms with E-state index in [0.29, 0.717) is 40.8 Å². The number of aryl methyl sites for hydroxylation is 2. The van der Waals surface area contributed by atoms with Crippen LogP contribution in [0.5, 0.6) is 5.88 Å². The molecule has 4 rings (SSSR count). The molecule has 0 N–H and O–H groups in total. The number of nitrogens with zero attached hydrogens (tertiary/aromatic N) is 4. The average Bonchev–Trinajstić information content (AvgIpc) is 2.62. The highest BCUT2D eigenvalue weighted by Gasteiger charge is 2.34. The molecule has 1 fully saturated rings. The van der Waals surface area contributed by atoms with Gasteiger partial charge in [0, 0.05) is 6.54 Å². The maximum Gasteiger partial charge on any atom is 0.227 e. The minimum Gasteiger partial charge on any atom is -0.475 e. The number of fused-ring (bicyclic) bond motifs is 2. The van der Waals surface area contributed by atoms with Gasteiger partial charge in [0.25, 0.3) is 0 Å². The highest BCUT2D eigenvalue weighted by atomic mass is 19.1. The van der Waals surface area contributed by atoms with Gasteiger partial charge in [-0.1, -0.05) is 6.92 Å². The first-order chi connectivity index (χ1) is 10.5. The SMILES string of the molecule is Cc1nc2c3c(nc(C)c(F)c3n1)OC[C@@H]1C[C@@H](C)CCN21. The molecule has 0 saturated carbocycles. The summed E-state index contributed by atoms with van der Waals surface area (Å²) in [6, 6.07) is 0.263. The van der Waals surface area contributed by atoms with Gasteiger partial charge in [0.1, 0.15) is 29.2 Å². The van der Waals surface area contributed by atoms with Crippen LogP contribution in [0.4, 0.5) is 10.2 Å². The molecule has 1 saturated heterocycles. The quantitative estimate of drug-likeness (QED) is 0.749. The van der Waals surface area contributed by atoms with Gasteiger partial charge in [0.2, 0.25) is 5.88 Å². The Bertz CT molecular complexity index is 764. The summed E-state index contributed by atoms with van der Waals surface area (Å²) in [6.45, 7) is 7.19. The summed E-state index contributed by atoms with van der Waals surface area (Å²) in [6.07, 6.45) is 2.16. The summed E-state index contributed by atoms with van der Waals surface area (Å²) in [4.78, 5) is 15.4. The van der Waals surface area contributed by atoms with Crippen molar-refractivity contribution in [3.63, 3.8) is 0 Å². The Morgan fingerprint density at radius 3 is 2.86 bits per heavy atom. The summed E-state index contributed by atoms with van der Waals surface area (Å²) in [7, 11) is 0. The predicted molar refractivity (Wildman–Crippen MR) is 81.8 cm³/mol. The third-order valence-corrected chi connectivity index (χ3v) is 4.67. The molecular formula is C16H19FN4O. The Balaban J connectivity index is 2.00. The first kappa shape index (κ1) is 13.7. The second-order valence-corrected chi connectivity index (χ2v) is 6.42. The molecule has 4 heterocycles. The molecule has 0 unspecified atom stereocenters. The number of piperidine rings is 1. The van der Waals surface area contributed by atoms with Crippen LogP contribution < -0.4 is 9.64 Å². The zero-order valence-electron chi connectivity index (χ0n) is 13.1. The molecular weight excluding hydrogens is 283 g/mol. The van der Waals surface area contributed by atoms with Crippen molar-refractivity contribution < 1.29 is 9.13 Å². The van der Waals surface area contributed by atoms with E-state index in [1.165, 1.54) is 0 Å². The molecule has 0 amide bonds. The molecule has 2 aromatic rings. The summed E-state index contributed by atoms with van der Waals surface area (Å²) >= 11 is 0. The molecule has 0 aromatic carbocycles. The second-order valence-electron chi connectivity index (χ2n) is 6.42. The highest BCUT2D eigenvalue weighted by molar-refractivity contribution is 5.95. The van der Waals surface area contributed by atoms with E-state index in [-0.39, 0.29) is 11.9 Å². The topological polar surface area (TPSA) is 51.1 Å². The molecule has 22 heavy (non-hydrogen) atoms. The smallest absolute Gasteiger partial charge is 0.227 e. The van der Waals surface area contributed by atoms with Crippen molar-refractivity contribution in [1.82, 2.24) is 15.0 Å². The van der Waals surface area contributed by atoms with Gasteiger partial charge in [-0.3, -0.25) is 0 Å². The molecule has 0 bridgehead atoms. The Hall–Kier alpha value is -1.98. The lowest BCUT2D eigenvalue weighted by atomic mass is 9.93. The van der Waals surface area contributed by atoms with Crippen LogP contribution in [-0.2, 0) is 0 Å². The van der Waals surface area contributed by atoms with Crippen LogP contribution in [0.15, 0.2) is 0 Å². The van der Waals surface area contributed by atoms with E-state index >= 15 is 0 Å². The van der Waals surface area contributed by atoms with Crippen LogP contribution in [0.3, 0.4) is 0 Å². The summed E-state index contributed by atoms with van der Waals surface area (Å²) in [5.41, 5.74) is 0.643. The fourth-order valence-corrected chi connectivity index (χ4v) is 3.52. The third-order valence-electron chi connectivity index (χ3n) is 4.67. The minimum absolute atomic E-state index is 0.263. The van der Waals surface area contributed by atoms with Crippen LogP contribution in [0.25, 0.3) is 10.9 Å². The van der Waals surface area contributed by atoms with Crippen LogP contribution in [0.2, 0.25) is 0 Å². The van der Waals surface area contributed by atoms with Crippen molar-refractivity contribution in [1.29, 1.82) is 0 Å². The Morgan fingerprint density at radius 2 is 2.05 bits per heavy atom. The molecule has 2 aliphatic rings. The van der Waals surface area contributed by atoms with Crippen LogP contribution in [0.1, 0.15) is 31.3 Å². The van der Waals surface area contributed by atoms with Crippen LogP contribution in [-0.4, -0.2) is 34.1 Å². The first-order valence-corrected chi connectivity index (χ1v) is 7.78. The fourth-order valence-electron chi connectivity index (χ4n) is 3.52. The van der Waals surface area contributed by atoms with Crippen molar-refractivity contribution in [2.75, 3.05) is 18.1 Å². The fraction of sp³-hybridized carbons (Fsp3) is 0.562. The molecule has 0 radical (unpaired) electrons. The average molecular weight is 302 g/mol. The van der Waals surface area contributed by atoms with Gasteiger partial charge in [-0.2, -0.15) is 0 Å². The van der Waals surface area contributed by atoms with Crippen LogP contribution >= 0.6 is 0 Å². The highest BCUT2D eigenvalue weighted by Crippen LogP contribution is 2.39.